The number of carbonyl (C=O) groups excluding carboxylic acids is 1. The summed E-state index contributed by atoms with van der Waals surface area (Å²) in [4.78, 5) is 12.3. The van der Waals surface area contributed by atoms with Gasteiger partial charge in [0.05, 0.1) is 11.5 Å². The van der Waals surface area contributed by atoms with E-state index in [0.717, 1.165) is 0 Å². The van der Waals surface area contributed by atoms with Gasteiger partial charge in [-0.1, -0.05) is 32.0 Å². The highest BCUT2D eigenvalue weighted by molar-refractivity contribution is 5.83. The number of carbonyl (C=O) groups is 1. The first-order chi connectivity index (χ1) is 9.00. The average Bonchev–Trinajstić information content (AvgIpc) is 2.41. The summed E-state index contributed by atoms with van der Waals surface area (Å²) >= 11 is 0. The molecule has 0 radical (unpaired) electrons. The Morgan fingerprint density at radius 2 is 1.95 bits per heavy atom. The molecule has 0 heterocycles. The molecule has 1 amide bonds. The first kappa shape index (κ1) is 15.6. The summed E-state index contributed by atoms with van der Waals surface area (Å²) in [5.74, 6) is -0.405. The van der Waals surface area contributed by atoms with Gasteiger partial charge < -0.3 is 11.1 Å². The van der Waals surface area contributed by atoms with Gasteiger partial charge in [0, 0.05) is 12.1 Å². The van der Waals surface area contributed by atoms with Gasteiger partial charge in [-0.05, 0) is 25.8 Å². The van der Waals surface area contributed by atoms with Crippen molar-refractivity contribution in [2.24, 2.45) is 11.1 Å². The number of hydrogen-bond acceptors (Lipinski definition) is 2. The highest BCUT2D eigenvalue weighted by atomic mass is 19.1. The minimum absolute atomic E-state index is 0.101. The lowest BCUT2D eigenvalue weighted by molar-refractivity contribution is -0.131. The molecule has 0 fully saturated rings. The molecular weight excluding hydrogens is 243 g/mol. The fourth-order valence-corrected chi connectivity index (χ4v) is 2.21. The zero-order valence-corrected chi connectivity index (χ0v) is 11.9. The van der Waals surface area contributed by atoms with Gasteiger partial charge in [0.2, 0.25) is 5.91 Å². The van der Waals surface area contributed by atoms with Crippen LogP contribution in [0.5, 0.6) is 0 Å². The SMILES string of the molecule is CCC(CC)(CN)C(=O)N[C@H](C)c1ccccc1F. The summed E-state index contributed by atoms with van der Waals surface area (Å²) in [5.41, 5.74) is 5.68. The van der Waals surface area contributed by atoms with Crippen LogP contribution in [0.15, 0.2) is 24.3 Å². The normalized spacial score (nSPS) is 13.1. The molecule has 0 bridgehead atoms. The van der Waals surface area contributed by atoms with E-state index in [1.54, 1.807) is 25.1 Å². The Morgan fingerprint density at radius 1 is 1.37 bits per heavy atom. The summed E-state index contributed by atoms with van der Waals surface area (Å²) in [6, 6.07) is 6.11. The third-order valence-electron chi connectivity index (χ3n) is 3.95. The largest absolute Gasteiger partial charge is 0.349 e. The van der Waals surface area contributed by atoms with Gasteiger partial charge in [-0.3, -0.25) is 4.79 Å². The first-order valence-electron chi connectivity index (χ1n) is 6.76. The van der Waals surface area contributed by atoms with E-state index in [0.29, 0.717) is 24.9 Å². The molecule has 0 aliphatic heterocycles. The van der Waals surface area contributed by atoms with E-state index < -0.39 is 5.41 Å². The molecule has 0 aliphatic carbocycles. The Labute approximate surface area is 114 Å². The predicted molar refractivity (Wildman–Crippen MR) is 75.0 cm³/mol. The summed E-state index contributed by atoms with van der Waals surface area (Å²) < 4.78 is 13.7. The van der Waals surface area contributed by atoms with E-state index in [1.807, 2.05) is 13.8 Å². The lowest BCUT2D eigenvalue weighted by atomic mass is 9.81. The zero-order chi connectivity index (χ0) is 14.5. The van der Waals surface area contributed by atoms with Crippen molar-refractivity contribution >= 4 is 5.91 Å². The number of nitrogens with two attached hydrogens (primary N) is 1. The second-order valence-electron chi connectivity index (χ2n) is 4.91. The van der Waals surface area contributed by atoms with E-state index in [2.05, 4.69) is 5.32 Å². The van der Waals surface area contributed by atoms with Crippen LogP contribution in [0.3, 0.4) is 0 Å². The highest BCUT2D eigenvalue weighted by Crippen LogP contribution is 2.27. The highest BCUT2D eigenvalue weighted by Gasteiger charge is 2.34. The molecule has 0 saturated carbocycles. The van der Waals surface area contributed by atoms with Crippen LogP contribution in [0.25, 0.3) is 0 Å². The first-order valence-corrected chi connectivity index (χ1v) is 6.76. The van der Waals surface area contributed by atoms with Crippen molar-refractivity contribution in [1.29, 1.82) is 0 Å². The molecule has 0 saturated heterocycles. The van der Waals surface area contributed by atoms with E-state index >= 15 is 0 Å². The second kappa shape index (κ2) is 6.66. The van der Waals surface area contributed by atoms with Crippen LogP contribution in [0.2, 0.25) is 0 Å². The van der Waals surface area contributed by atoms with Crippen molar-refractivity contribution < 1.29 is 9.18 Å². The molecule has 0 aromatic heterocycles. The van der Waals surface area contributed by atoms with E-state index in [9.17, 15) is 9.18 Å². The van der Waals surface area contributed by atoms with Gasteiger partial charge >= 0.3 is 0 Å². The maximum Gasteiger partial charge on any atom is 0.227 e. The molecule has 0 unspecified atom stereocenters. The smallest absolute Gasteiger partial charge is 0.227 e. The van der Waals surface area contributed by atoms with Crippen LogP contribution in [0.1, 0.15) is 45.2 Å². The molecule has 1 aromatic carbocycles. The molecule has 1 rings (SSSR count). The van der Waals surface area contributed by atoms with Gasteiger partial charge in [0.1, 0.15) is 5.82 Å². The van der Waals surface area contributed by atoms with Gasteiger partial charge in [-0.25, -0.2) is 4.39 Å². The van der Waals surface area contributed by atoms with Crippen LogP contribution in [0.4, 0.5) is 4.39 Å². The number of benzene rings is 1. The van der Waals surface area contributed by atoms with Crippen molar-refractivity contribution in [3.05, 3.63) is 35.6 Å². The Morgan fingerprint density at radius 3 is 2.42 bits per heavy atom. The van der Waals surface area contributed by atoms with Crippen LogP contribution < -0.4 is 11.1 Å². The van der Waals surface area contributed by atoms with Gasteiger partial charge in [-0.15, -0.1) is 0 Å². The summed E-state index contributed by atoms with van der Waals surface area (Å²) in [5, 5.41) is 2.87. The molecule has 106 valence electrons. The zero-order valence-electron chi connectivity index (χ0n) is 11.9. The molecule has 0 aliphatic rings. The Balaban J connectivity index is 2.85. The predicted octanol–water partition coefficient (Wildman–Crippen LogP) is 2.77. The van der Waals surface area contributed by atoms with E-state index in [1.165, 1.54) is 6.07 Å². The molecule has 0 spiro atoms. The Kier molecular flexibility index (Phi) is 5.48. The minimum atomic E-state index is -0.556. The van der Waals surface area contributed by atoms with Crippen LogP contribution in [-0.4, -0.2) is 12.5 Å². The van der Waals surface area contributed by atoms with Gasteiger partial charge in [-0.2, -0.15) is 0 Å². The molecule has 4 heteroatoms. The fourth-order valence-electron chi connectivity index (χ4n) is 2.21. The second-order valence-corrected chi connectivity index (χ2v) is 4.91. The van der Waals surface area contributed by atoms with Crippen molar-refractivity contribution in [3.8, 4) is 0 Å². The number of rotatable bonds is 6. The molecule has 3 nitrogen and oxygen atoms in total. The summed E-state index contributed by atoms with van der Waals surface area (Å²) in [6.45, 7) is 5.98. The summed E-state index contributed by atoms with van der Waals surface area (Å²) in [7, 11) is 0. The van der Waals surface area contributed by atoms with Crippen LogP contribution in [-0.2, 0) is 4.79 Å². The number of nitrogens with one attached hydrogen (secondary N) is 1. The molecule has 3 N–H and O–H groups in total. The number of halogens is 1. The van der Waals surface area contributed by atoms with Crippen molar-refractivity contribution in [1.82, 2.24) is 5.32 Å². The molecule has 1 atom stereocenters. The maximum atomic E-state index is 13.7. The van der Waals surface area contributed by atoms with E-state index in [-0.39, 0.29) is 17.8 Å². The standard InChI is InChI=1S/C15H23FN2O/c1-4-15(5-2,10-17)14(19)18-11(3)12-8-6-7-9-13(12)16/h6-9,11H,4-5,10,17H2,1-3H3,(H,18,19)/t11-/m1/s1. The van der Waals surface area contributed by atoms with E-state index in [4.69, 9.17) is 5.73 Å². The maximum absolute atomic E-state index is 13.7. The quantitative estimate of drug-likeness (QED) is 0.832. The lowest BCUT2D eigenvalue weighted by Gasteiger charge is -2.30. The fraction of sp³-hybridized carbons (Fsp3) is 0.533. The Bertz CT molecular complexity index is 422. The molecule has 19 heavy (non-hydrogen) atoms. The molecule has 1 aromatic rings. The number of hydrogen-bond donors (Lipinski definition) is 2. The minimum Gasteiger partial charge on any atom is -0.349 e. The average molecular weight is 266 g/mol. The van der Waals surface area contributed by atoms with Crippen molar-refractivity contribution in [3.63, 3.8) is 0 Å². The van der Waals surface area contributed by atoms with Gasteiger partial charge in [0.15, 0.2) is 0 Å². The van der Waals surface area contributed by atoms with Gasteiger partial charge in [0.25, 0.3) is 0 Å². The topological polar surface area (TPSA) is 55.1 Å². The Hall–Kier alpha value is -1.42. The molecular formula is C15H23FN2O. The van der Waals surface area contributed by atoms with Crippen LogP contribution >= 0.6 is 0 Å². The third-order valence-corrected chi connectivity index (χ3v) is 3.95. The third kappa shape index (κ3) is 3.32. The van der Waals surface area contributed by atoms with Crippen molar-refractivity contribution in [2.75, 3.05) is 6.54 Å². The monoisotopic (exact) mass is 266 g/mol. The number of amides is 1. The van der Waals surface area contributed by atoms with Crippen molar-refractivity contribution in [2.45, 2.75) is 39.7 Å². The lowest BCUT2D eigenvalue weighted by Crippen LogP contribution is -2.46. The van der Waals surface area contributed by atoms with Crippen LogP contribution in [0, 0.1) is 11.2 Å². The summed E-state index contributed by atoms with van der Waals surface area (Å²) in [6.07, 6.45) is 1.35.